The molecule has 2 aliphatic rings. The summed E-state index contributed by atoms with van der Waals surface area (Å²) in [7, 11) is 1.88. The summed E-state index contributed by atoms with van der Waals surface area (Å²) < 4.78 is 0. The molecule has 2 saturated heterocycles. The van der Waals surface area contributed by atoms with Gasteiger partial charge in [-0.1, -0.05) is 6.07 Å². The van der Waals surface area contributed by atoms with Crippen LogP contribution in [0.1, 0.15) is 36.6 Å². The van der Waals surface area contributed by atoms with Crippen LogP contribution in [0.2, 0.25) is 0 Å². The summed E-state index contributed by atoms with van der Waals surface area (Å²) in [4.78, 5) is 11.1. The number of nitrogens with one attached hydrogen (secondary N) is 2. The SMILES string of the molecule is CN=C(NCC(c1cccs1)N1CCCC1)NC1CCN(c2cccs2)CC1. The van der Waals surface area contributed by atoms with Crippen LogP contribution in [0.25, 0.3) is 0 Å². The van der Waals surface area contributed by atoms with Gasteiger partial charge in [-0.05, 0) is 67.7 Å². The van der Waals surface area contributed by atoms with Crippen LogP contribution < -0.4 is 15.5 Å². The molecular formula is C21H31N5S2. The smallest absolute Gasteiger partial charge is 0.191 e. The molecule has 1 atom stereocenters. The second-order valence-electron chi connectivity index (χ2n) is 7.58. The highest BCUT2D eigenvalue weighted by atomic mass is 32.1. The molecule has 0 saturated carbocycles. The molecule has 4 heterocycles. The van der Waals surface area contributed by atoms with Crippen LogP contribution in [-0.2, 0) is 0 Å². The summed E-state index contributed by atoms with van der Waals surface area (Å²) in [6, 6.07) is 9.74. The third-order valence-electron chi connectivity index (χ3n) is 5.79. The number of likely N-dealkylation sites (tertiary alicyclic amines) is 1. The Labute approximate surface area is 176 Å². The van der Waals surface area contributed by atoms with Gasteiger partial charge in [0, 0.05) is 37.6 Å². The molecule has 4 rings (SSSR count). The minimum absolute atomic E-state index is 0.446. The fourth-order valence-electron chi connectivity index (χ4n) is 4.22. The number of nitrogens with zero attached hydrogens (tertiary/aromatic N) is 3. The van der Waals surface area contributed by atoms with Crippen molar-refractivity contribution in [2.75, 3.05) is 44.7 Å². The molecule has 0 radical (unpaired) electrons. The summed E-state index contributed by atoms with van der Waals surface area (Å²) in [6.45, 7) is 5.55. The molecule has 152 valence electrons. The quantitative estimate of drug-likeness (QED) is 0.554. The van der Waals surface area contributed by atoms with Crippen LogP contribution >= 0.6 is 22.7 Å². The lowest BCUT2D eigenvalue weighted by atomic mass is 10.1. The molecule has 1 unspecified atom stereocenters. The van der Waals surface area contributed by atoms with E-state index in [1.165, 1.54) is 35.8 Å². The summed E-state index contributed by atoms with van der Waals surface area (Å²) in [5.41, 5.74) is 0. The molecule has 0 aromatic carbocycles. The van der Waals surface area contributed by atoms with Gasteiger partial charge in [-0.25, -0.2) is 0 Å². The first-order chi connectivity index (χ1) is 13.8. The van der Waals surface area contributed by atoms with Gasteiger partial charge in [0.15, 0.2) is 5.96 Å². The van der Waals surface area contributed by atoms with E-state index in [-0.39, 0.29) is 0 Å². The normalized spacial score (nSPS) is 20.5. The van der Waals surface area contributed by atoms with Crippen LogP contribution in [0.5, 0.6) is 0 Å². The number of hydrogen-bond acceptors (Lipinski definition) is 5. The van der Waals surface area contributed by atoms with E-state index in [4.69, 9.17) is 0 Å². The Morgan fingerprint density at radius 3 is 2.50 bits per heavy atom. The first-order valence-corrected chi connectivity index (χ1v) is 12.1. The summed E-state index contributed by atoms with van der Waals surface area (Å²) in [6.07, 6.45) is 4.94. The lowest BCUT2D eigenvalue weighted by molar-refractivity contribution is 0.248. The largest absolute Gasteiger partial charge is 0.363 e. The first kappa shape index (κ1) is 19.7. The molecule has 2 N–H and O–H groups in total. The molecule has 2 fully saturated rings. The van der Waals surface area contributed by atoms with E-state index in [1.54, 1.807) is 0 Å². The lowest BCUT2D eigenvalue weighted by Crippen LogP contribution is -2.50. The fraction of sp³-hybridized carbons (Fsp3) is 0.571. The van der Waals surface area contributed by atoms with Gasteiger partial charge in [0.2, 0.25) is 0 Å². The van der Waals surface area contributed by atoms with Crippen molar-refractivity contribution in [3.05, 3.63) is 39.9 Å². The van der Waals surface area contributed by atoms with E-state index < -0.39 is 0 Å². The van der Waals surface area contributed by atoms with Crippen molar-refractivity contribution in [1.82, 2.24) is 15.5 Å². The second kappa shape index (κ2) is 9.76. The zero-order valence-electron chi connectivity index (χ0n) is 16.6. The zero-order chi connectivity index (χ0) is 19.2. The van der Waals surface area contributed by atoms with Gasteiger partial charge in [0.05, 0.1) is 11.0 Å². The van der Waals surface area contributed by atoms with Crippen LogP contribution in [-0.4, -0.2) is 56.7 Å². The number of anilines is 1. The maximum atomic E-state index is 4.50. The number of thiophene rings is 2. The standard InChI is InChI=1S/C21H31N5S2/c1-22-21(24-17-8-12-26(13-9-17)20-7-5-15-28-20)23-16-18(19-6-4-14-27-19)25-10-2-3-11-25/h4-7,14-15,17-18H,2-3,8-13,16H2,1H3,(H2,22,23,24). The zero-order valence-corrected chi connectivity index (χ0v) is 18.3. The number of piperidine rings is 1. The minimum atomic E-state index is 0.446. The topological polar surface area (TPSA) is 42.9 Å². The Bertz CT molecular complexity index is 714. The maximum absolute atomic E-state index is 4.50. The van der Waals surface area contributed by atoms with E-state index in [2.05, 4.69) is 60.5 Å². The fourth-order valence-corrected chi connectivity index (χ4v) is 5.87. The van der Waals surface area contributed by atoms with Crippen molar-refractivity contribution < 1.29 is 0 Å². The Hall–Kier alpha value is -1.57. The van der Waals surface area contributed by atoms with E-state index in [0.29, 0.717) is 12.1 Å². The molecule has 0 amide bonds. The van der Waals surface area contributed by atoms with E-state index in [1.807, 2.05) is 29.7 Å². The van der Waals surface area contributed by atoms with E-state index >= 15 is 0 Å². The molecule has 0 spiro atoms. The molecule has 2 aromatic heterocycles. The molecule has 0 aliphatic carbocycles. The van der Waals surface area contributed by atoms with Crippen LogP contribution in [0.3, 0.4) is 0 Å². The molecule has 0 bridgehead atoms. The number of hydrogen-bond donors (Lipinski definition) is 2. The molecule has 5 nitrogen and oxygen atoms in total. The van der Waals surface area contributed by atoms with Crippen LogP contribution in [0.15, 0.2) is 40.0 Å². The van der Waals surface area contributed by atoms with Gasteiger partial charge in [0.25, 0.3) is 0 Å². The Kier molecular flexibility index (Phi) is 6.88. The molecule has 2 aromatic rings. The lowest BCUT2D eigenvalue weighted by Gasteiger charge is -2.34. The van der Waals surface area contributed by atoms with Crippen molar-refractivity contribution in [2.45, 2.75) is 37.8 Å². The molecule has 2 aliphatic heterocycles. The third-order valence-corrected chi connectivity index (χ3v) is 7.70. The average molecular weight is 418 g/mol. The average Bonchev–Trinajstić information content (AvgIpc) is 3.51. The maximum Gasteiger partial charge on any atom is 0.191 e. The third kappa shape index (κ3) is 4.88. The van der Waals surface area contributed by atoms with Gasteiger partial charge in [0.1, 0.15) is 0 Å². The molecular weight excluding hydrogens is 386 g/mol. The van der Waals surface area contributed by atoms with Crippen molar-refractivity contribution in [2.24, 2.45) is 4.99 Å². The highest BCUT2D eigenvalue weighted by molar-refractivity contribution is 7.14. The molecule has 28 heavy (non-hydrogen) atoms. The van der Waals surface area contributed by atoms with E-state index in [0.717, 1.165) is 38.4 Å². The van der Waals surface area contributed by atoms with Crippen LogP contribution in [0.4, 0.5) is 5.00 Å². The number of aliphatic imine (C=N–C) groups is 1. The Morgan fingerprint density at radius 2 is 1.86 bits per heavy atom. The van der Waals surface area contributed by atoms with Gasteiger partial charge in [-0.3, -0.25) is 9.89 Å². The summed E-state index contributed by atoms with van der Waals surface area (Å²) >= 11 is 3.70. The predicted octanol–water partition coefficient (Wildman–Crippen LogP) is 3.78. The van der Waals surface area contributed by atoms with Crippen molar-refractivity contribution in [3.63, 3.8) is 0 Å². The van der Waals surface area contributed by atoms with Crippen molar-refractivity contribution in [1.29, 1.82) is 0 Å². The predicted molar refractivity (Wildman–Crippen MR) is 122 cm³/mol. The summed E-state index contributed by atoms with van der Waals surface area (Å²) in [5, 5.41) is 13.0. The Balaban J connectivity index is 1.28. The van der Waals surface area contributed by atoms with Gasteiger partial charge in [-0.2, -0.15) is 0 Å². The number of guanidine groups is 1. The first-order valence-electron chi connectivity index (χ1n) is 10.4. The minimum Gasteiger partial charge on any atom is -0.363 e. The van der Waals surface area contributed by atoms with E-state index in [9.17, 15) is 0 Å². The Morgan fingerprint density at radius 1 is 1.11 bits per heavy atom. The summed E-state index contributed by atoms with van der Waals surface area (Å²) in [5.74, 6) is 0.940. The molecule has 7 heteroatoms. The van der Waals surface area contributed by atoms with Gasteiger partial charge < -0.3 is 15.5 Å². The van der Waals surface area contributed by atoms with Crippen molar-refractivity contribution in [3.8, 4) is 0 Å². The second-order valence-corrected chi connectivity index (χ2v) is 9.49. The number of rotatable bonds is 6. The monoisotopic (exact) mass is 417 g/mol. The highest BCUT2D eigenvalue weighted by Crippen LogP contribution is 2.28. The van der Waals surface area contributed by atoms with Gasteiger partial charge in [-0.15, -0.1) is 22.7 Å². The van der Waals surface area contributed by atoms with Crippen molar-refractivity contribution >= 4 is 33.6 Å². The highest BCUT2D eigenvalue weighted by Gasteiger charge is 2.25. The van der Waals surface area contributed by atoms with Gasteiger partial charge >= 0.3 is 0 Å². The van der Waals surface area contributed by atoms with Crippen LogP contribution in [0, 0.1) is 0 Å².